The summed E-state index contributed by atoms with van der Waals surface area (Å²) in [4.78, 5) is 51.0. The maximum Gasteiger partial charge on any atom is 0.411 e. The number of carbonyl (C=O) groups excluding carboxylic acids is 3. The first-order valence-corrected chi connectivity index (χ1v) is 12.5. The van der Waals surface area contributed by atoms with Crippen molar-refractivity contribution in [1.82, 2.24) is 10.2 Å². The first-order chi connectivity index (χ1) is 18.9. The van der Waals surface area contributed by atoms with Crippen LogP contribution >= 0.6 is 0 Å². The van der Waals surface area contributed by atoms with Crippen molar-refractivity contribution in [2.75, 3.05) is 33.2 Å². The molecule has 2 amide bonds. The lowest BCUT2D eigenvalue weighted by molar-refractivity contribution is -0.384. The molecule has 1 aliphatic rings. The maximum absolute atomic E-state index is 13.2. The van der Waals surface area contributed by atoms with Gasteiger partial charge in [0.1, 0.15) is 17.3 Å². The van der Waals surface area contributed by atoms with Crippen LogP contribution in [0.3, 0.4) is 0 Å². The van der Waals surface area contributed by atoms with E-state index in [0.29, 0.717) is 11.5 Å². The molecule has 13 heteroatoms. The van der Waals surface area contributed by atoms with E-state index >= 15 is 0 Å². The molecule has 0 saturated carbocycles. The number of likely N-dealkylation sites (tertiary alicyclic amines) is 1. The van der Waals surface area contributed by atoms with Crippen molar-refractivity contribution in [1.29, 1.82) is 0 Å². The minimum absolute atomic E-state index is 0.00652. The van der Waals surface area contributed by atoms with Crippen LogP contribution in [-0.2, 0) is 20.8 Å². The summed E-state index contributed by atoms with van der Waals surface area (Å²) in [6.07, 6.45) is -0.632. The molecule has 2 N–H and O–H groups in total. The highest BCUT2D eigenvalue weighted by atomic mass is 16.6. The number of methoxy groups -OCH3 is 3. The Kier molecular flexibility index (Phi) is 9.40. The zero-order chi connectivity index (χ0) is 29.6. The largest absolute Gasteiger partial charge is 0.493 e. The summed E-state index contributed by atoms with van der Waals surface area (Å²) in [6.45, 7) is 5.20. The molecule has 0 aliphatic carbocycles. The molecule has 0 bridgehead atoms. The number of hydrogen-bond acceptors (Lipinski definition) is 10. The van der Waals surface area contributed by atoms with Crippen LogP contribution in [0.15, 0.2) is 36.4 Å². The van der Waals surface area contributed by atoms with E-state index in [-0.39, 0.29) is 36.4 Å². The topological polar surface area (TPSA) is 159 Å². The Morgan fingerprint density at radius 3 is 2.38 bits per heavy atom. The average molecular weight is 559 g/mol. The predicted molar refractivity (Wildman–Crippen MR) is 145 cm³/mol. The number of anilines is 1. The molecule has 1 heterocycles. The Morgan fingerprint density at radius 1 is 1.07 bits per heavy atom. The summed E-state index contributed by atoms with van der Waals surface area (Å²) in [5.74, 6) is -0.189. The first-order valence-electron chi connectivity index (χ1n) is 12.5. The van der Waals surface area contributed by atoms with Gasteiger partial charge < -0.3 is 29.6 Å². The summed E-state index contributed by atoms with van der Waals surface area (Å²) in [5.41, 5.74) is -0.419. The molecule has 0 unspecified atom stereocenters. The van der Waals surface area contributed by atoms with E-state index in [4.69, 9.17) is 18.9 Å². The molecular formula is C27H34N4O9. The number of hydrogen-bond donors (Lipinski definition) is 2. The molecule has 0 radical (unpaired) electrons. The van der Waals surface area contributed by atoms with Crippen LogP contribution in [0.2, 0.25) is 0 Å². The number of nitrogens with one attached hydrogen (secondary N) is 2. The summed E-state index contributed by atoms with van der Waals surface area (Å²) in [7, 11) is 4.22. The molecule has 2 aromatic carbocycles. The SMILES string of the molecule is COC(=O)[C@@H]1C[C@H](Nc2c(C(=O)NCc3ccc(OC)c(OC)c3)cccc2[N+](=O)[O-])CN1C(=O)OC(C)(C)C. The molecule has 1 fully saturated rings. The average Bonchev–Trinajstić information content (AvgIpc) is 3.34. The number of benzene rings is 2. The van der Waals surface area contributed by atoms with E-state index in [1.54, 1.807) is 39.0 Å². The molecule has 1 saturated heterocycles. The third-order valence-electron chi connectivity index (χ3n) is 6.14. The normalized spacial score (nSPS) is 16.6. The number of nitrogens with zero attached hydrogens (tertiary/aromatic N) is 2. The van der Waals surface area contributed by atoms with Crippen molar-refractivity contribution in [2.45, 2.75) is 51.4 Å². The minimum atomic E-state index is -0.970. The number of esters is 1. The van der Waals surface area contributed by atoms with Crippen molar-refractivity contribution >= 4 is 29.3 Å². The molecule has 1 aliphatic heterocycles. The highest BCUT2D eigenvalue weighted by Crippen LogP contribution is 2.33. The maximum atomic E-state index is 13.2. The fraction of sp³-hybridized carbons (Fsp3) is 0.444. The number of rotatable bonds is 9. The molecule has 3 rings (SSSR count). The Bertz CT molecular complexity index is 1280. The van der Waals surface area contributed by atoms with Crippen LogP contribution in [0.5, 0.6) is 11.5 Å². The van der Waals surface area contributed by atoms with Gasteiger partial charge in [-0.1, -0.05) is 12.1 Å². The van der Waals surface area contributed by atoms with Crippen LogP contribution < -0.4 is 20.1 Å². The van der Waals surface area contributed by atoms with Gasteiger partial charge in [-0.25, -0.2) is 9.59 Å². The van der Waals surface area contributed by atoms with Crippen LogP contribution in [0.1, 0.15) is 43.1 Å². The molecule has 13 nitrogen and oxygen atoms in total. The van der Waals surface area contributed by atoms with E-state index in [1.165, 1.54) is 44.4 Å². The molecule has 40 heavy (non-hydrogen) atoms. The second-order valence-corrected chi connectivity index (χ2v) is 10.1. The molecule has 2 aromatic rings. The third-order valence-corrected chi connectivity index (χ3v) is 6.14. The number of ether oxygens (including phenoxy) is 4. The van der Waals surface area contributed by atoms with Crippen molar-refractivity contribution in [3.63, 3.8) is 0 Å². The van der Waals surface area contributed by atoms with Gasteiger partial charge >= 0.3 is 12.1 Å². The summed E-state index contributed by atoms with van der Waals surface area (Å²) >= 11 is 0. The van der Waals surface area contributed by atoms with Gasteiger partial charge in [-0.05, 0) is 44.5 Å². The quantitative estimate of drug-likeness (QED) is 0.265. The highest BCUT2D eigenvalue weighted by molar-refractivity contribution is 6.01. The predicted octanol–water partition coefficient (Wildman–Crippen LogP) is 3.50. The smallest absolute Gasteiger partial charge is 0.411 e. The number of amides is 2. The number of carbonyl (C=O) groups is 3. The number of nitro benzene ring substituents is 1. The Labute approximate surface area is 231 Å². The zero-order valence-corrected chi connectivity index (χ0v) is 23.3. The van der Waals surface area contributed by atoms with Gasteiger partial charge in [0.05, 0.1) is 31.8 Å². The van der Waals surface area contributed by atoms with Crippen molar-refractivity contribution < 1.29 is 38.3 Å². The van der Waals surface area contributed by atoms with Gasteiger partial charge in [-0.2, -0.15) is 0 Å². The van der Waals surface area contributed by atoms with Crippen molar-refractivity contribution in [2.24, 2.45) is 0 Å². The van der Waals surface area contributed by atoms with Gasteiger partial charge in [0.15, 0.2) is 11.5 Å². The Balaban J connectivity index is 1.85. The Hall–Kier alpha value is -4.55. The van der Waals surface area contributed by atoms with E-state index in [2.05, 4.69) is 10.6 Å². The van der Waals surface area contributed by atoms with Crippen LogP contribution in [-0.4, -0.2) is 73.4 Å². The van der Waals surface area contributed by atoms with Crippen molar-refractivity contribution in [3.05, 3.63) is 57.6 Å². The Morgan fingerprint density at radius 2 is 1.77 bits per heavy atom. The molecule has 0 aromatic heterocycles. The van der Waals surface area contributed by atoms with E-state index in [9.17, 15) is 24.5 Å². The van der Waals surface area contributed by atoms with E-state index in [1.807, 2.05) is 0 Å². The van der Waals surface area contributed by atoms with Gasteiger partial charge in [0.2, 0.25) is 0 Å². The van der Waals surface area contributed by atoms with Gasteiger partial charge in [-0.3, -0.25) is 19.8 Å². The summed E-state index contributed by atoms with van der Waals surface area (Å²) in [5, 5.41) is 17.7. The second-order valence-electron chi connectivity index (χ2n) is 10.1. The highest BCUT2D eigenvalue weighted by Gasteiger charge is 2.43. The third kappa shape index (κ3) is 7.10. The minimum Gasteiger partial charge on any atom is -0.493 e. The number of para-hydroxylation sites is 1. The monoisotopic (exact) mass is 558 g/mol. The molecule has 216 valence electrons. The van der Waals surface area contributed by atoms with Crippen LogP contribution in [0.4, 0.5) is 16.2 Å². The second kappa shape index (κ2) is 12.5. The van der Waals surface area contributed by atoms with Crippen LogP contribution in [0, 0.1) is 10.1 Å². The van der Waals surface area contributed by atoms with Crippen molar-refractivity contribution in [3.8, 4) is 11.5 Å². The number of nitro groups is 1. The summed E-state index contributed by atoms with van der Waals surface area (Å²) in [6, 6.07) is 7.72. The lowest BCUT2D eigenvalue weighted by atomic mass is 10.1. The zero-order valence-electron chi connectivity index (χ0n) is 23.3. The van der Waals surface area contributed by atoms with E-state index < -0.39 is 40.6 Å². The first kappa shape index (κ1) is 30.0. The molecular weight excluding hydrogens is 524 g/mol. The lowest BCUT2D eigenvalue weighted by Crippen LogP contribution is -2.44. The fourth-order valence-electron chi connectivity index (χ4n) is 4.33. The molecule has 0 spiro atoms. The van der Waals surface area contributed by atoms with Gasteiger partial charge in [0.25, 0.3) is 11.6 Å². The molecule has 2 atom stereocenters. The summed E-state index contributed by atoms with van der Waals surface area (Å²) < 4.78 is 20.8. The lowest BCUT2D eigenvalue weighted by Gasteiger charge is -2.27. The standard InChI is InChI=1S/C27H34N4O9/c1-27(2,3)40-26(34)30-15-17(13-20(30)25(33)39-6)29-23-18(8-7-9-19(23)31(35)36)24(32)28-14-16-10-11-21(37-4)22(12-16)38-5/h7-12,17,20,29H,13-15H2,1-6H3,(H,28,32)/t17-,20-/m0/s1. The fourth-order valence-corrected chi connectivity index (χ4v) is 4.33. The van der Waals surface area contributed by atoms with E-state index in [0.717, 1.165) is 5.56 Å². The van der Waals surface area contributed by atoms with Gasteiger partial charge in [0, 0.05) is 31.6 Å². The van der Waals surface area contributed by atoms with Gasteiger partial charge in [-0.15, -0.1) is 0 Å². The van der Waals surface area contributed by atoms with Crippen LogP contribution in [0.25, 0.3) is 0 Å².